The Bertz CT molecular complexity index is 478. The molecule has 110 valence electrons. The summed E-state index contributed by atoms with van der Waals surface area (Å²) < 4.78 is 0. The third kappa shape index (κ3) is 5.55. The van der Waals surface area contributed by atoms with E-state index in [0.717, 1.165) is 24.1 Å². The molecular formula is C17H26N2O. The van der Waals surface area contributed by atoms with Crippen molar-refractivity contribution in [3.05, 3.63) is 34.9 Å². The Kier molecular flexibility index (Phi) is 6.99. The van der Waals surface area contributed by atoms with E-state index in [-0.39, 0.29) is 5.91 Å². The van der Waals surface area contributed by atoms with Crippen LogP contribution < -0.4 is 5.43 Å². The number of aryl methyl sites for hydroxylation is 2. The highest BCUT2D eigenvalue weighted by molar-refractivity contribution is 5.99. The molecule has 1 N–H and O–H groups in total. The average molecular weight is 274 g/mol. The number of unbranched alkanes of at least 4 members (excludes halogenated alkanes) is 3. The van der Waals surface area contributed by atoms with Gasteiger partial charge in [0.05, 0.1) is 5.71 Å². The first-order valence-corrected chi connectivity index (χ1v) is 7.45. The molecule has 0 aliphatic heterocycles. The molecule has 0 unspecified atom stereocenters. The highest BCUT2D eigenvalue weighted by Crippen LogP contribution is 2.10. The van der Waals surface area contributed by atoms with Gasteiger partial charge in [-0.2, -0.15) is 5.10 Å². The van der Waals surface area contributed by atoms with Gasteiger partial charge in [-0.15, -0.1) is 0 Å². The zero-order valence-electron chi connectivity index (χ0n) is 13.1. The third-order valence-corrected chi connectivity index (χ3v) is 3.53. The van der Waals surface area contributed by atoms with E-state index in [1.54, 1.807) is 0 Å². The molecule has 3 heteroatoms. The van der Waals surface area contributed by atoms with E-state index >= 15 is 0 Å². The lowest BCUT2D eigenvalue weighted by Crippen LogP contribution is -2.18. The maximum atomic E-state index is 11.6. The molecule has 1 aromatic rings. The highest BCUT2D eigenvalue weighted by atomic mass is 16.2. The summed E-state index contributed by atoms with van der Waals surface area (Å²) in [5.41, 5.74) is 7.04. The van der Waals surface area contributed by atoms with Gasteiger partial charge in [0.25, 0.3) is 0 Å². The summed E-state index contributed by atoms with van der Waals surface area (Å²) in [4.78, 5) is 11.6. The molecule has 20 heavy (non-hydrogen) atoms. The Morgan fingerprint density at radius 1 is 1.15 bits per heavy atom. The zero-order valence-corrected chi connectivity index (χ0v) is 13.1. The topological polar surface area (TPSA) is 41.5 Å². The fraction of sp³-hybridized carbons (Fsp3) is 0.529. The number of carbonyl (C=O) groups is 1. The molecule has 0 atom stereocenters. The maximum Gasteiger partial charge on any atom is 0.240 e. The van der Waals surface area contributed by atoms with E-state index in [9.17, 15) is 4.79 Å². The number of hydrazone groups is 1. The lowest BCUT2D eigenvalue weighted by molar-refractivity contribution is -0.121. The van der Waals surface area contributed by atoms with E-state index < -0.39 is 0 Å². The second-order valence-electron chi connectivity index (χ2n) is 5.34. The van der Waals surface area contributed by atoms with Crippen molar-refractivity contribution >= 4 is 11.6 Å². The Balaban J connectivity index is 2.48. The van der Waals surface area contributed by atoms with Crippen LogP contribution in [0.5, 0.6) is 0 Å². The molecule has 0 spiro atoms. The summed E-state index contributed by atoms with van der Waals surface area (Å²) in [5.74, 6) is 0.00397. The Morgan fingerprint density at radius 2 is 1.90 bits per heavy atom. The summed E-state index contributed by atoms with van der Waals surface area (Å²) in [5, 5.41) is 4.18. The minimum absolute atomic E-state index is 0.00397. The molecule has 0 radical (unpaired) electrons. The number of carbonyl (C=O) groups excluding carboxylic acids is 1. The van der Waals surface area contributed by atoms with Gasteiger partial charge in [0.15, 0.2) is 0 Å². The summed E-state index contributed by atoms with van der Waals surface area (Å²) in [7, 11) is 0. The van der Waals surface area contributed by atoms with Gasteiger partial charge in [0.1, 0.15) is 0 Å². The summed E-state index contributed by atoms with van der Waals surface area (Å²) in [6.07, 6.45) is 5.00. The Labute approximate surface area is 122 Å². The van der Waals surface area contributed by atoms with Gasteiger partial charge in [-0.1, -0.05) is 38.3 Å². The van der Waals surface area contributed by atoms with E-state index in [1.165, 1.54) is 24.0 Å². The van der Waals surface area contributed by atoms with Gasteiger partial charge in [-0.25, -0.2) is 5.43 Å². The molecule has 3 nitrogen and oxygen atoms in total. The van der Waals surface area contributed by atoms with Crippen LogP contribution in [0.4, 0.5) is 0 Å². The molecule has 0 aromatic heterocycles. The van der Waals surface area contributed by atoms with Crippen molar-refractivity contribution in [2.45, 2.75) is 59.8 Å². The van der Waals surface area contributed by atoms with E-state index in [1.807, 2.05) is 13.0 Å². The molecule has 0 fully saturated rings. The lowest BCUT2D eigenvalue weighted by atomic mass is 10.0. The third-order valence-electron chi connectivity index (χ3n) is 3.53. The van der Waals surface area contributed by atoms with Gasteiger partial charge >= 0.3 is 0 Å². The zero-order chi connectivity index (χ0) is 15.0. The van der Waals surface area contributed by atoms with Crippen LogP contribution in [-0.2, 0) is 4.79 Å². The number of amides is 1. The molecular weight excluding hydrogens is 248 g/mol. The fourth-order valence-corrected chi connectivity index (χ4v) is 1.95. The second kappa shape index (κ2) is 8.51. The van der Waals surface area contributed by atoms with Gasteiger partial charge in [-0.05, 0) is 49.9 Å². The van der Waals surface area contributed by atoms with E-state index in [2.05, 4.69) is 43.4 Å². The van der Waals surface area contributed by atoms with Crippen LogP contribution >= 0.6 is 0 Å². The predicted octanol–water partition coefficient (Wildman–Crippen LogP) is 4.11. The van der Waals surface area contributed by atoms with Gasteiger partial charge in [-0.3, -0.25) is 4.79 Å². The van der Waals surface area contributed by atoms with Crippen molar-refractivity contribution < 1.29 is 4.79 Å². The molecule has 1 aromatic carbocycles. The number of hydrogen-bond donors (Lipinski definition) is 1. The smallest absolute Gasteiger partial charge is 0.240 e. The number of nitrogens with one attached hydrogen (secondary N) is 1. The van der Waals surface area contributed by atoms with E-state index in [4.69, 9.17) is 0 Å². The summed E-state index contributed by atoms with van der Waals surface area (Å²) in [6.45, 7) is 8.25. The molecule has 0 aliphatic rings. The van der Waals surface area contributed by atoms with Crippen molar-refractivity contribution in [2.75, 3.05) is 0 Å². The minimum Gasteiger partial charge on any atom is -0.273 e. The molecule has 0 aliphatic carbocycles. The van der Waals surface area contributed by atoms with Crippen LogP contribution in [-0.4, -0.2) is 11.6 Å². The Hall–Kier alpha value is -1.64. The number of nitrogens with zero attached hydrogens (tertiary/aromatic N) is 1. The van der Waals surface area contributed by atoms with Crippen LogP contribution in [0, 0.1) is 13.8 Å². The molecule has 1 amide bonds. The number of rotatable bonds is 7. The molecule has 0 saturated heterocycles. The Morgan fingerprint density at radius 3 is 2.55 bits per heavy atom. The normalized spacial score (nSPS) is 11.5. The number of benzene rings is 1. The van der Waals surface area contributed by atoms with E-state index in [0.29, 0.717) is 6.42 Å². The van der Waals surface area contributed by atoms with Crippen LogP contribution in [0.25, 0.3) is 0 Å². The summed E-state index contributed by atoms with van der Waals surface area (Å²) >= 11 is 0. The fourth-order valence-electron chi connectivity index (χ4n) is 1.95. The van der Waals surface area contributed by atoms with Crippen molar-refractivity contribution in [2.24, 2.45) is 5.10 Å². The van der Waals surface area contributed by atoms with Gasteiger partial charge < -0.3 is 0 Å². The quantitative estimate of drug-likeness (QED) is 0.453. The number of hydrogen-bond acceptors (Lipinski definition) is 2. The van der Waals surface area contributed by atoms with Crippen LogP contribution in [0.15, 0.2) is 23.3 Å². The molecule has 0 heterocycles. The predicted molar refractivity (Wildman–Crippen MR) is 85.0 cm³/mol. The van der Waals surface area contributed by atoms with Crippen molar-refractivity contribution in [1.82, 2.24) is 5.43 Å². The summed E-state index contributed by atoms with van der Waals surface area (Å²) in [6, 6.07) is 6.21. The monoisotopic (exact) mass is 274 g/mol. The standard InChI is InChI=1S/C17H26N2O/c1-5-6-7-8-9-17(20)19-18-15(4)16-11-10-13(2)14(3)12-16/h10-12H,5-9H2,1-4H3,(H,19,20). The van der Waals surface area contributed by atoms with Crippen LogP contribution in [0.3, 0.4) is 0 Å². The first-order valence-electron chi connectivity index (χ1n) is 7.45. The van der Waals surface area contributed by atoms with Crippen LogP contribution in [0.1, 0.15) is 62.6 Å². The minimum atomic E-state index is 0.00397. The molecule has 1 rings (SSSR count). The lowest BCUT2D eigenvalue weighted by Gasteiger charge is -2.06. The first-order chi connectivity index (χ1) is 9.54. The van der Waals surface area contributed by atoms with Crippen molar-refractivity contribution in [1.29, 1.82) is 0 Å². The van der Waals surface area contributed by atoms with Crippen molar-refractivity contribution in [3.63, 3.8) is 0 Å². The SMILES string of the molecule is CCCCCCC(=O)NN=C(C)c1ccc(C)c(C)c1. The molecule has 0 saturated carbocycles. The second-order valence-corrected chi connectivity index (χ2v) is 5.34. The average Bonchev–Trinajstić information content (AvgIpc) is 2.44. The van der Waals surface area contributed by atoms with Crippen molar-refractivity contribution in [3.8, 4) is 0 Å². The molecule has 0 bridgehead atoms. The largest absolute Gasteiger partial charge is 0.273 e. The maximum absolute atomic E-state index is 11.6. The van der Waals surface area contributed by atoms with Crippen LogP contribution in [0.2, 0.25) is 0 Å². The first kappa shape index (κ1) is 16.4. The van der Waals surface area contributed by atoms with Gasteiger partial charge in [0, 0.05) is 6.42 Å². The van der Waals surface area contributed by atoms with Gasteiger partial charge in [0.2, 0.25) is 5.91 Å². The highest BCUT2D eigenvalue weighted by Gasteiger charge is 2.02.